The van der Waals surface area contributed by atoms with Crippen molar-refractivity contribution in [2.45, 2.75) is 26.3 Å². The number of ether oxygens (including phenoxy) is 1. The summed E-state index contributed by atoms with van der Waals surface area (Å²) in [6.07, 6.45) is 0.674. The number of esters is 1. The van der Waals surface area contributed by atoms with Crippen molar-refractivity contribution in [1.82, 2.24) is 5.32 Å². The molecule has 0 heterocycles. The molecule has 0 spiro atoms. The Labute approximate surface area is 96.8 Å². The zero-order valence-corrected chi connectivity index (χ0v) is 9.90. The van der Waals surface area contributed by atoms with Crippen LogP contribution in [0.3, 0.4) is 0 Å². The van der Waals surface area contributed by atoms with Gasteiger partial charge < -0.3 is 10.1 Å². The molecule has 1 aromatic carbocycles. The van der Waals surface area contributed by atoms with Gasteiger partial charge in [-0.2, -0.15) is 0 Å². The summed E-state index contributed by atoms with van der Waals surface area (Å²) in [4.78, 5) is 11.7. The predicted octanol–water partition coefficient (Wildman–Crippen LogP) is 1.77. The Kier molecular flexibility index (Phi) is 5.57. The fraction of sp³-hybridized carbons (Fsp3) is 0.462. The number of benzene rings is 1. The van der Waals surface area contributed by atoms with Gasteiger partial charge in [0, 0.05) is 0 Å². The minimum Gasteiger partial charge on any atom is -0.465 e. The zero-order valence-electron chi connectivity index (χ0n) is 9.90. The number of nitrogens with one attached hydrogen (secondary N) is 1. The van der Waals surface area contributed by atoms with Crippen LogP contribution >= 0.6 is 0 Å². The van der Waals surface area contributed by atoms with Gasteiger partial charge in [0.05, 0.1) is 6.61 Å². The highest BCUT2D eigenvalue weighted by Crippen LogP contribution is 2.04. The quantitative estimate of drug-likeness (QED) is 0.744. The predicted molar refractivity (Wildman–Crippen MR) is 64.2 cm³/mol. The molecule has 0 radical (unpaired) electrons. The van der Waals surface area contributed by atoms with E-state index in [-0.39, 0.29) is 12.0 Å². The van der Waals surface area contributed by atoms with Crippen LogP contribution in [0.5, 0.6) is 0 Å². The first-order chi connectivity index (χ1) is 7.77. The van der Waals surface area contributed by atoms with Crippen LogP contribution in [-0.4, -0.2) is 25.2 Å². The molecule has 1 N–H and O–H groups in total. The number of carbonyl (C=O) groups is 1. The van der Waals surface area contributed by atoms with Gasteiger partial charge in [-0.25, -0.2) is 0 Å². The van der Waals surface area contributed by atoms with Gasteiger partial charge in [0.2, 0.25) is 0 Å². The first kappa shape index (κ1) is 12.7. The molecule has 0 aliphatic rings. The van der Waals surface area contributed by atoms with E-state index in [0.29, 0.717) is 13.0 Å². The molecule has 3 nitrogen and oxygen atoms in total. The average molecular weight is 221 g/mol. The molecular weight excluding hydrogens is 202 g/mol. The standard InChI is InChI=1S/C13H19NO2/c1-3-14-12(13(15)16-4-2)10-11-8-6-5-7-9-11/h5-9,12,14H,3-4,10H2,1-2H3/t12-/m0/s1. The number of rotatable bonds is 6. The third-order valence-corrected chi connectivity index (χ3v) is 2.30. The first-order valence-electron chi connectivity index (χ1n) is 5.71. The van der Waals surface area contributed by atoms with Gasteiger partial charge in [-0.15, -0.1) is 0 Å². The van der Waals surface area contributed by atoms with E-state index in [2.05, 4.69) is 5.32 Å². The summed E-state index contributed by atoms with van der Waals surface area (Å²) < 4.78 is 5.03. The van der Waals surface area contributed by atoms with Crippen molar-refractivity contribution in [3.8, 4) is 0 Å². The Morgan fingerprint density at radius 1 is 1.31 bits per heavy atom. The molecule has 0 aliphatic heterocycles. The van der Waals surface area contributed by atoms with Gasteiger partial charge in [-0.3, -0.25) is 4.79 Å². The topological polar surface area (TPSA) is 38.3 Å². The van der Waals surface area contributed by atoms with Crippen molar-refractivity contribution < 1.29 is 9.53 Å². The Balaban J connectivity index is 2.60. The number of carbonyl (C=O) groups excluding carboxylic acids is 1. The minimum atomic E-state index is -0.243. The Morgan fingerprint density at radius 2 is 2.00 bits per heavy atom. The van der Waals surface area contributed by atoms with Gasteiger partial charge in [-0.05, 0) is 25.5 Å². The van der Waals surface area contributed by atoms with Crippen LogP contribution in [0.15, 0.2) is 30.3 Å². The van der Waals surface area contributed by atoms with E-state index in [4.69, 9.17) is 4.74 Å². The van der Waals surface area contributed by atoms with Crippen LogP contribution in [0.25, 0.3) is 0 Å². The Hall–Kier alpha value is -1.35. The van der Waals surface area contributed by atoms with Crippen LogP contribution in [0, 0.1) is 0 Å². The average Bonchev–Trinajstić information content (AvgIpc) is 2.30. The van der Waals surface area contributed by atoms with Gasteiger partial charge in [0.1, 0.15) is 6.04 Å². The van der Waals surface area contributed by atoms with E-state index >= 15 is 0 Å². The van der Waals surface area contributed by atoms with Gasteiger partial charge >= 0.3 is 5.97 Å². The van der Waals surface area contributed by atoms with Crippen molar-refractivity contribution >= 4 is 5.97 Å². The second kappa shape index (κ2) is 7.01. The lowest BCUT2D eigenvalue weighted by Crippen LogP contribution is -2.39. The third-order valence-electron chi connectivity index (χ3n) is 2.30. The van der Waals surface area contributed by atoms with Gasteiger partial charge in [-0.1, -0.05) is 37.3 Å². The van der Waals surface area contributed by atoms with Crippen molar-refractivity contribution in [3.63, 3.8) is 0 Å². The van der Waals surface area contributed by atoms with Crippen LogP contribution in [0.2, 0.25) is 0 Å². The Morgan fingerprint density at radius 3 is 2.56 bits per heavy atom. The van der Waals surface area contributed by atoms with E-state index in [1.165, 1.54) is 0 Å². The number of likely N-dealkylation sites (N-methyl/N-ethyl adjacent to an activating group) is 1. The number of hydrogen-bond donors (Lipinski definition) is 1. The first-order valence-corrected chi connectivity index (χ1v) is 5.71. The van der Waals surface area contributed by atoms with E-state index < -0.39 is 0 Å². The lowest BCUT2D eigenvalue weighted by Gasteiger charge is -2.16. The molecule has 16 heavy (non-hydrogen) atoms. The highest BCUT2D eigenvalue weighted by atomic mass is 16.5. The fourth-order valence-corrected chi connectivity index (χ4v) is 1.58. The molecule has 1 atom stereocenters. The lowest BCUT2D eigenvalue weighted by atomic mass is 10.1. The summed E-state index contributed by atoms with van der Waals surface area (Å²) in [6.45, 7) is 4.99. The van der Waals surface area contributed by atoms with Crippen molar-refractivity contribution in [3.05, 3.63) is 35.9 Å². The molecule has 0 bridgehead atoms. The molecule has 0 aliphatic carbocycles. The van der Waals surface area contributed by atoms with Crippen molar-refractivity contribution in [2.24, 2.45) is 0 Å². The SMILES string of the molecule is CCN[C@@H](Cc1ccccc1)C(=O)OCC. The second-order valence-corrected chi connectivity index (χ2v) is 3.55. The summed E-state index contributed by atoms with van der Waals surface area (Å²) in [5.74, 6) is -0.173. The molecular formula is C13H19NO2. The normalized spacial score (nSPS) is 12.1. The monoisotopic (exact) mass is 221 g/mol. The molecule has 88 valence electrons. The molecule has 0 fully saturated rings. The van der Waals surface area contributed by atoms with E-state index in [1.807, 2.05) is 44.2 Å². The Bertz CT molecular complexity index is 311. The molecule has 0 aromatic heterocycles. The molecule has 0 amide bonds. The van der Waals surface area contributed by atoms with Crippen LogP contribution in [0.4, 0.5) is 0 Å². The summed E-state index contributed by atoms with van der Waals surface area (Å²) in [7, 11) is 0. The van der Waals surface area contributed by atoms with Crippen molar-refractivity contribution in [1.29, 1.82) is 0 Å². The van der Waals surface area contributed by atoms with Crippen molar-refractivity contribution in [2.75, 3.05) is 13.2 Å². The molecule has 0 unspecified atom stereocenters. The van der Waals surface area contributed by atoms with Crippen LogP contribution in [-0.2, 0) is 16.0 Å². The highest BCUT2D eigenvalue weighted by molar-refractivity contribution is 5.76. The highest BCUT2D eigenvalue weighted by Gasteiger charge is 2.18. The molecule has 1 aromatic rings. The maximum absolute atomic E-state index is 11.7. The largest absolute Gasteiger partial charge is 0.465 e. The van der Waals surface area contributed by atoms with E-state index in [0.717, 1.165) is 12.1 Å². The smallest absolute Gasteiger partial charge is 0.323 e. The van der Waals surface area contributed by atoms with Gasteiger partial charge in [0.25, 0.3) is 0 Å². The van der Waals surface area contributed by atoms with Crippen LogP contribution < -0.4 is 5.32 Å². The maximum atomic E-state index is 11.7. The van der Waals surface area contributed by atoms with Gasteiger partial charge in [0.15, 0.2) is 0 Å². The summed E-state index contributed by atoms with van der Waals surface area (Å²) in [5, 5.41) is 3.14. The minimum absolute atomic E-state index is 0.173. The summed E-state index contributed by atoms with van der Waals surface area (Å²) >= 11 is 0. The third kappa shape index (κ3) is 4.03. The zero-order chi connectivity index (χ0) is 11.8. The summed E-state index contributed by atoms with van der Waals surface area (Å²) in [6, 6.07) is 9.71. The van der Waals surface area contributed by atoms with Crippen LogP contribution in [0.1, 0.15) is 19.4 Å². The second-order valence-electron chi connectivity index (χ2n) is 3.55. The molecule has 1 rings (SSSR count). The molecule has 3 heteroatoms. The number of hydrogen-bond acceptors (Lipinski definition) is 3. The maximum Gasteiger partial charge on any atom is 0.323 e. The fourth-order valence-electron chi connectivity index (χ4n) is 1.58. The molecule has 0 saturated carbocycles. The lowest BCUT2D eigenvalue weighted by molar-refractivity contribution is -0.145. The van der Waals surface area contributed by atoms with E-state index in [1.54, 1.807) is 0 Å². The summed E-state index contributed by atoms with van der Waals surface area (Å²) in [5.41, 5.74) is 1.14. The molecule has 0 saturated heterocycles. The van der Waals surface area contributed by atoms with E-state index in [9.17, 15) is 4.79 Å².